The van der Waals surface area contributed by atoms with E-state index in [1.807, 2.05) is 13.0 Å². The second-order valence-electron chi connectivity index (χ2n) is 4.56. The Labute approximate surface area is 107 Å². The molecular weight excluding hydrogens is 236 g/mol. The van der Waals surface area contributed by atoms with E-state index in [4.69, 9.17) is 11.6 Å². The van der Waals surface area contributed by atoms with Crippen LogP contribution in [0.2, 0.25) is 0 Å². The van der Waals surface area contributed by atoms with E-state index in [-0.39, 0.29) is 11.9 Å². The van der Waals surface area contributed by atoms with E-state index < -0.39 is 0 Å². The molecule has 2 atom stereocenters. The molecule has 2 unspecified atom stereocenters. The average Bonchev–Trinajstić information content (AvgIpc) is 2.76. The molecule has 1 fully saturated rings. The van der Waals surface area contributed by atoms with Crippen LogP contribution >= 0.6 is 11.6 Å². The summed E-state index contributed by atoms with van der Waals surface area (Å²) < 4.78 is 0. The third-order valence-corrected chi connectivity index (χ3v) is 3.82. The number of carbonyl (C=O) groups is 1. The van der Waals surface area contributed by atoms with Crippen molar-refractivity contribution < 1.29 is 4.79 Å². The molecule has 0 radical (unpaired) electrons. The zero-order valence-corrected chi connectivity index (χ0v) is 10.7. The first-order valence-electron chi connectivity index (χ1n) is 6.01. The van der Waals surface area contributed by atoms with Crippen molar-refractivity contribution in [2.75, 3.05) is 5.88 Å². The highest BCUT2D eigenvalue weighted by atomic mass is 35.5. The van der Waals surface area contributed by atoms with Crippen LogP contribution in [-0.4, -0.2) is 22.8 Å². The largest absolute Gasteiger partial charge is 0.349 e. The molecule has 0 bridgehead atoms. The van der Waals surface area contributed by atoms with Crippen LogP contribution in [0, 0.1) is 12.8 Å². The number of nitrogens with one attached hydrogen (secondary N) is 1. The second-order valence-corrected chi connectivity index (χ2v) is 4.87. The van der Waals surface area contributed by atoms with Gasteiger partial charge in [0.05, 0.1) is 5.56 Å². The van der Waals surface area contributed by atoms with Crippen molar-refractivity contribution in [1.82, 2.24) is 10.3 Å². The first-order valence-corrected chi connectivity index (χ1v) is 6.54. The Morgan fingerprint density at radius 1 is 1.59 bits per heavy atom. The minimum Gasteiger partial charge on any atom is -0.349 e. The molecule has 0 aliphatic heterocycles. The average molecular weight is 253 g/mol. The molecule has 1 saturated carbocycles. The molecule has 4 heteroatoms. The van der Waals surface area contributed by atoms with E-state index in [0.717, 1.165) is 25.0 Å². The van der Waals surface area contributed by atoms with Crippen LogP contribution in [0.4, 0.5) is 0 Å². The Morgan fingerprint density at radius 2 is 2.41 bits per heavy atom. The lowest BCUT2D eigenvalue weighted by atomic mass is 10.1. The predicted octanol–water partition coefficient (Wildman–Crippen LogP) is 2.53. The van der Waals surface area contributed by atoms with Gasteiger partial charge in [-0.25, -0.2) is 0 Å². The molecule has 1 N–H and O–H groups in total. The molecule has 1 aromatic rings. The maximum Gasteiger partial charge on any atom is 0.253 e. The van der Waals surface area contributed by atoms with E-state index >= 15 is 0 Å². The summed E-state index contributed by atoms with van der Waals surface area (Å²) in [5.74, 6) is 1.01. The number of aryl methyl sites for hydroxylation is 1. The monoisotopic (exact) mass is 252 g/mol. The molecule has 1 aliphatic carbocycles. The van der Waals surface area contributed by atoms with E-state index in [1.165, 1.54) is 0 Å². The molecule has 17 heavy (non-hydrogen) atoms. The maximum atomic E-state index is 12.1. The highest BCUT2D eigenvalue weighted by molar-refractivity contribution is 6.18. The molecular formula is C13H17ClN2O. The number of hydrogen-bond donors (Lipinski definition) is 1. The van der Waals surface area contributed by atoms with Crippen molar-refractivity contribution in [3.63, 3.8) is 0 Å². The van der Waals surface area contributed by atoms with Gasteiger partial charge in [-0.05, 0) is 37.8 Å². The zero-order chi connectivity index (χ0) is 12.3. The smallest absolute Gasteiger partial charge is 0.253 e. The van der Waals surface area contributed by atoms with Gasteiger partial charge in [0.1, 0.15) is 0 Å². The number of rotatable bonds is 3. The van der Waals surface area contributed by atoms with Gasteiger partial charge in [0.2, 0.25) is 0 Å². The summed E-state index contributed by atoms with van der Waals surface area (Å²) in [6, 6.07) is 3.82. The lowest BCUT2D eigenvalue weighted by Gasteiger charge is -2.19. The third kappa shape index (κ3) is 2.78. The van der Waals surface area contributed by atoms with Gasteiger partial charge in [-0.2, -0.15) is 0 Å². The van der Waals surface area contributed by atoms with Crippen molar-refractivity contribution in [2.24, 2.45) is 5.92 Å². The van der Waals surface area contributed by atoms with Crippen LogP contribution in [0.1, 0.15) is 35.3 Å². The predicted molar refractivity (Wildman–Crippen MR) is 68.3 cm³/mol. The van der Waals surface area contributed by atoms with Crippen LogP contribution in [0.15, 0.2) is 18.3 Å². The fraction of sp³-hybridized carbons (Fsp3) is 0.538. The van der Waals surface area contributed by atoms with Gasteiger partial charge in [0, 0.05) is 23.8 Å². The fourth-order valence-corrected chi connectivity index (χ4v) is 2.75. The topological polar surface area (TPSA) is 42.0 Å². The minimum atomic E-state index is -0.0300. The Hall–Kier alpha value is -1.09. The minimum absolute atomic E-state index is 0.0300. The number of halogens is 1. The summed E-state index contributed by atoms with van der Waals surface area (Å²) >= 11 is 5.90. The van der Waals surface area contributed by atoms with E-state index in [0.29, 0.717) is 17.4 Å². The lowest BCUT2D eigenvalue weighted by molar-refractivity contribution is 0.0929. The van der Waals surface area contributed by atoms with E-state index in [9.17, 15) is 4.79 Å². The molecule has 1 aliphatic rings. The summed E-state index contributed by atoms with van der Waals surface area (Å²) in [7, 11) is 0. The van der Waals surface area contributed by atoms with Crippen LogP contribution < -0.4 is 5.32 Å². The first kappa shape index (κ1) is 12.4. The summed E-state index contributed by atoms with van der Waals surface area (Å²) in [5.41, 5.74) is 1.43. The molecule has 1 aromatic heterocycles. The van der Waals surface area contributed by atoms with Crippen molar-refractivity contribution in [3.8, 4) is 0 Å². The Kier molecular flexibility index (Phi) is 4.00. The molecule has 0 spiro atoms. The molecule has 0 saturated heterocycles. The van der Waals surface area contributed by atoms with Gasteiger partial charge in [-0.3, -0.25) is 9.78 Å². The van der Waals surface area contributed by atoms with Gasteiger partial charge < -0.3 is 5.32 Å². The number of aromatic nitrogens is 1. The summed E-state index contributed by atoms with van der Waals surface area (Å²) in [4.78, 5) is 16.2. The van der Waals surface area contributed by atoms with Crippen LogP contribution in [0.25, 0.3) is 0 Å². The van der Waals surface area contributed by atoms with Gasteiger partial charge >= 0.3 is 0 Å². The number of alkyl halides is 1. The van der Waals surface area contributed by atoms with Crippen LogP contribution in [0.5, 0.6) is 0 Å². The molecule has 92 valence electrons. The maximum absolute atomic E-state index is 12.1. The normalized spacial score (nSPS) is 23.6. The highest BCUT2D eigenvalue weighted by Gasteiger charge is 2.28. The summed E-state index contributed by atoms with van der Waals surface area (Å²) in [5, 5.41) is 3.07. The fourth-order valence-electron chi connectivity index (χ4n) is 2.38. The summed E-state index contributed by atoms with van der Waals surface area (Å²) in [6.45, 7) is 1.85. The van der Waals surface area contributed by atoms with E-state index in [2.05, 4.69) is 10.3 Å². The highest BCUT2D eigenvalue weighted by Crippen LogP contribution is 2.26. The van der Waals surface area contributed by atoms with Gasteiger partial charge in [-0.1, -0.05) is 6.42 Å². The number of pyridine rings is 1. The lowest BCUT2D eigenvalue weighted by Crippen LogP contribution is -2.38. The SMILES string of the molecule is Cc1ncccc1C(=O)NC1CCCC1CCl. The van der Waals surface area contributed by atoms with Crippen molar-refractivity contribution in [2.45, 2.75) is 32.2 Å². The zero-order valence-electron chi connectivity index (χ0n) is 9.95. The third-order valence-electron chi connectivity index (χ3n) is 3.43. The molecule has 2 rings (SSSR count). The van der Waals surface area contributed by atoms with Crippen molar-refractivity contribution in [1.29, 1.82) is 0 Å². The first-order chi connectivity index (χ1) is 8.22. The van der Waals surface area contributed by atoms with Gasteiger partial charge in [-0.15, -0.1) is 11.6 Å². The van der Waals surface area contributed by atoms with Crippen molar-refractivity contribution >= 4 is 17.5 Å². The number of carbonyl (C=O) groups excluding carboxylic acids is 1. The summed E-state index contributed by atoms with van der Waals surface area (Å²) in [6.07, 6.45) is 4.99. The molecule has 1 heterocycles. The Morgan fingerprint density at radius 3 is 3.12 bits per heavy atom. The van der Waals surface area contributed by atoms with Crippen LogP contribution in [0.3, 0.4) is 0 Å². The number of hydrogen-bond acceptors (Lipinski definition) is 2. The van der Waals surface area contributed by atoms with Gasteiger partial charge in [0.25, 0.3) is 5.91 Å². The molecule has 3 nitrogen and oxygen atoms in total. The number of nitrogens with zero attached hydrogens (tertiary/aromatic N) is 1. The standard InChI is InChI=1S/C13H17ClN2O/c1-9-11(5-3-7-15-9)13(17)16-12-6-2-4-10(12)8-14/h3,5,7,10,12H,2,4,6,8H2,1H3,(H,16,17). The second kappa shape index (κ2) is 5.50. The molecule has 0 aromatic carbocycles. The van der Waals surface area contributed by atoms with E-state index in [1.54, 1.807) is 12.3 Å². The van der Waals surface area contributed by atoms with Gasteiger partial charge in [0.15, 0.2) is 0 Å². The number of amides is 1. The quantitative estimate of drug-likeness (QED) is 0.840. The Bertz CT molecular complexity index is 408. The Balaban J connectivity index is 2.04. The van der Waals surface area contributed by atoms with Crippen molar-refractivity contribution in [3.05, 3.63) is 29.6 Å². The van der Waals surface area contributed by atoms with Crippen LogP contribution in [-0.2, 0) is 0 Å². The molecule has 1 amide bonds.